The Hall–Kier alpha value is 1.56. The Balaban J connectivity index is 2.35. The summed E-state index contributed by atoms with van der Waals surface area (Å²) in [6, 6.07) is 0. The molecular formula is C6H12KNO. The Bertz CT molecular complexity index is 95.2. The SMILES string of the molecule is CN1CC[C](O)([K])CC1. The second kappa shape index (κ2) is 3.30. The first-order valence-corrected chi connectivity index (χ1v) is 5.07. The van der Waals surface area contributed by atoms with Crippen LogP contribution in [0, 0.1) is 0 Å². The average molecular weight is 153 g/mol. The Labute approximate surface area is 90.2 Å². The van der Waals surface area contributed by atoms with E-state index in [1.807, 2.05) is 0 Å². The van der Waals surface area contributed by atoms with Gasteiger partial charge in [0.1, 0.15) is 0 Å². The fraction of sp³-hybridized carbons (Fsp3) is 1.00. The summed E-state index contributed by atoms with van der Waals surface area (Å²) in [6.07, 6.45) is 2.01. The van der Waals surface area contributed by atoms with Gasteiger partial charge in [-0.15, -0.1) is 0 Å². The van der Waals surface area contributed by atoms with E-state index in [4.69, 9.17) is 0 Å². The first-order chi connectivity index (χ1) is 4.10. The molecule has 1 heterocycles. The zero-order valence-electron chi connectivity index (χ0n) is 6.22. The normalized spacial score (nSPS) is 28.4. The van der Waals surface area contributed by atoms with E-state index < -0.39 is 0 Å². The minimum atomic E-state index is -0.195. The number of rotatable bonds is 0. The molecule has 0 amide bonds. The summed E-state index contributed by atoms with van der Waals surface area (Å²) in [5, 5.41) is 9.55. The van der Waals surface area contributed by atoms with Crippen LogP contribution in [0.3, 0.4) is 0 Å². The number of aliphatic hydroxyl groups is 1. The molecule has 0 bridgehead atoms. The van der Waals surface area contributed by atoms with Gasteiger partial charge in [-0.3, -0.25) is 0 Å². The van der Waals surface area contributed by atoms with E-state index in [2.05, 4.69) is 11.9 Å². The predicted molar refractivity (Wildman–Crippen MR) is 37.4 cm³/mol. The van der Waals surface area contributed by atoms with E-state index >= 15 is 0 Å². The molecule has 1 rings (SSSR count). The molecule has 0 spiro atoms. The molecule has 3 heteroatoms. The standard InChI is InChI=1S/C6H12NO.K/c1-7-4-2-6(8)3-5-7;/h8H,2-5H2,1H3;. The topological polar surface area (TPSA) is 23.5 Å². The molecule has 2 nitrogen and oxygen atoms in total. The third-order valence-corrected chi connectivity index (χ3v) is 3.63. The number of likely N-dealkylation sites (tertiary alicyclic amines) is 1. The van der Waals surface area contributed by atoms with Gasteiger partial charge < -0.3 is 0 Å². The summed E-state index contributed by atoms with van der Waals surface area (Å²) in [5.74, 6) is 0. The summed E-state index contributed by atoms with van der Waals surface area (Å²) < 4.78 is -0.195. The summed E-state index contributed by atoms with van der Waals surface area (Å²) in [7, 11) is 2.11. The third-order valence-electron chi connectivity index (χ3n) is 2.06. The van der Waals surface area contributed by atoms with Gasteiger partial charge in [-0.05, 0) is 0 Å². The molecule has 0 atom stereocenters. The van der Waals surface area contributed by atoms with Gasteiger partial charge >= 0.3 is 91.6 Å². The zero-order chi connectivity index (χ0) is 6.91. The van der Waals surface area contributed by atoms with Crippen molar-refractivity contribution in [2.24, 2.45) is 0 Å². The van der Waals surface area contributed by atoms with Gasteiger partial charge in [0.05, 0.1) is 0 Å². The van der Waals surface area contributed by atoms with Crippen molar-refractivity contribution < 1.29 is 5.11 Å². The van der Waals surface area contributed by atoms with Gasteiger partial charge in [0, 0.05) is 0 Å². The van der Waals surface area contributed by atoms with Crippen LogP contribution >= 0.6 is 0 Å². The average Bonchev–Trinajstić information content (AvgIpc) is 1.78. The second-order valence-corrected chi connectivity index (χ2v) is 6.21. The molecular weight excluding hydrogens is 141 g/mol. The number of nitrogens with zero attached hydrogens (tertiary/aromatic N) is 1. The van der Waals surface area contributed by atoms with Gasteiger partial charge in [-0.25, -0.2) is 0 Å². The van der Waals surface area contributed by atoms with Crippen molar-refractivity contribution in [3.63, 3.8) is 0 Å². The van der Waals surface area contributed by atoms with Gasteiger partial charge in [0.15, 0.2) is 0 Å². The Morgan fingerprint density at radius 2 is 1.89 bits per heavy atom. The van der Waals surface area contributed by atoms with Crippen LogP contribution in [0.25, 0.3) is 0 Å². The van der Waals surface area contributed by atoms with Crippen LogP contribution in [0.1, 0.15) is 12.8 Å². The zero-order valence-corrected chi connectivity index (χ0v) is 9.35. The summed E-state index contributed by atoms with van der Waals surface area (Å²) in [5.41, 5.74) is 0. The van der Waals surface area contributed by atoms with Crippen molar-refractivity contribution in [1.29, 1.82) is 0 Å². The van der Waals surface area contributed by atoms with Crippen LogP contribution in [0.4, 0.5) is 0 Å². The molecule has 1 N–H and O–H groups in total. The quantitative estimate of drug-likeness (QED) is 0.477. The molecule has 9 heavy (non-hydrogen) atoms. The predicted octanol–water partition coefficient (Wildman–Crippen LogP) is -0.431. The van der Waals surface area contributed by atoms with Crippen LogP contribution in [-0.2, 0) is 0 Å². The molecule has 1 saturated heterocycles. The maximum absolute atomic E-state index is 9.55. The molecule has 1 aliphatic heterocycles. The van der Waals surface area contributed by atoms with Crippen LogP contribution < -0.4 is 0 Å². The molecule has 0 aliphatic carbocycles. The molecule has 48 valence electrons. The second-order valence-electron chi connectivity index (χ2n) is 3.30. The van der Waals surface area contributed by atoms with Gasteiger partial charge in [0.25, 0.3) is 0 Å². The maximum atomic E-state index is 9.55. The fourth-order valence-electron chi connectivity index (χ4n) is 1.10. The monoisotopic (exact) mass is 153 g/mol. The van der Waals surface area contributed by atoms with Crippen molar-refractivity contribution in [3.05, 3.63) is 0 Å². The van der Waals surface area contributed by atoms with E-state index in [-0.39, 0.29) is -0.304 Å². The van der Waals surface area contributed by atoms with E-state index in [0.29, 0.717) is 49.0 Å². The van der Waals surface area contributed by atoms with Crippen LogP contribution in [-0.4, -0.2) is 78.8 Å². The number of piperidine rings is 1. The third kappa shape index (κ3) is 2.97. The van der Waals surface area contributed by atoms with Crippen molar-refractivity contribution in [1.82, 2.24) is 4.90 Å². The van der Waals surface area contributed by atoms with Crippen LogP contribution in [0.5, 0.6) is 0 Å². The van der Waals surface area contributed by atoms with Gasteiger partial charge in [-0.1, -0.05) is 0 Å². The first kappa shape index (κ1) is 8.65. The molecule has 1 aliphatic rings. The molecule has 0 aromatic heterocycles. The Morgan fingerprint density at radius 3 is 2.22 bits per heavy atom. The van der Waals surface area contributed by atoms with E-state index in [0.717, 1.165) is 25.9 Å². The van der Waals surface area contributed by atoms with E-state index in [9.17, 15) is 5.11 Å². The fourth-order valence-corrected chi connectivity index (χ4v) is 1.80. The summed E-state index contributed by atoms with van der Waals surface area (Å²) >= 11 is 0.585. The van der Waals surface area contributed by atoms with Crippen molar-refractivity contribution in [3.8, 4) is 0 Å². The van der Waals surface area contributed by atoms with Gasteiger partial charge in [-0.2, -0.15) is 0 Å². The Morgan fingerprint density at radius 1 is 1.44 bits per heavy atom. The van der Waals surface area contributed by atoms with Gasteiger partial charge in [0.2, 0.25) is 0 Å². The summed E-state index contributed by atoms with van der Waals surface area (Å²) in [4.78, 5) is 2.28. The molecule has 0 radical (unpaired) electrons. The van der Waals surface area contributed by atoms with Crippen LogP contribution in [0.2, 0.25) is 0 Å². The molecule has 0 saturated carbocycles. The molecule has 1 fully saturated rings. The number of hydrogen-bond acceptors (Lipinski definition) is 2. The minimum absolute atomic E-state index is 0.195. The van der Waals surface area contributed by atoms with Crippen molar-refractivity contribution >= 4 is 49.0 Å². The molecule has 0 aromatic carbocycles. The summed E-state index contributed by atoms with van der Waals surface area (Å²) in [6.45, 7) is 2.16. The molecule has 0 aromatic rings. The van der Waals surface area contributed by atoms with E-state index in [1.165, 1.54) is 0 Å². The number of hydrogen-bond donors (Lipinski definition) is 1. The Kier molecular flexibility index (Phi) is 3.17. The van der Waals surface area contributed by atoms with Crippen LogP contribution in [0.15, 0.2) is 0 Å². The molecule has 0 unspecified atom stereocenters. The van der Waals surface area contributed by atoms with Crippen molar-refractivity contribution in [2.75, 3.05) is 20.1 Å². The van der Waals surface area contributed by atoms with Crippen molar-refractivity contribution in [2.45, 2.75) is 12.5 Å². The van der Waals surface area contributed by atoms with E-state index in [1.54, 1.807) is 0 Å². The first-order valence-electron chi connectivity index (χ1n) is 3.51.